The highest BCUT2D eigenvalue weighted by molar-refractivity contribution is 8.01. The number of sulfonamides is 1. The van der Waals surface area contributed by atoms with E-state index >= 15 is 0 Å². The van der Waals surface area contributed by atoms with E-state index < -0.39 is 10.0 Å². The van der Waals surface area contributed by atoms with E-state index in [1.165, 1.54) is 4.31 Å². The second kappa shape index (κ2) is 12.0. The minimum absolute atomic E-state index is 0.0921. The first-order valence-electron chi connectivity index (χ1n) is 12.4. The SMILES string of the molecule is Cc1ccc(S(=O)(=O)N(Cc2ccccc2)c2ccccc2C(=O)NCCSc2nc3ccccc3s2)cc1. The first kappa shape index (κ1) is 26.9. The van der Waals surface area contributed by atoms with Crippen molar-refractivity contribution in [3.63, 3.8) is 0 Å². The van der Waals surface area contributed by atoms with Crippen LogP contribution in [0.5, 0.6) is 0 Å². The molecule has 4 aromatic carbocycles. The van der Waals surface area contributed by atoms with Crippen molar-refractivity contribution in [1.82, 2.24) is 10.3 Å². The summed E-state index contributed by atoms with van der Waals surface area (Å²) in [5.74, 6) is 0.316. The molecule has 6 nitrogen and oxygen atoms in total. The number of carbonyl (C=O) groups is 1. The Bertz CT molecular complexity index is 1650. The smallest absolute Gasteiger partial charge is 0.264 e. The van der Waals surface area contributed by atoms with Gasteiger partial charge in [-0.3, -0.25) is 9.10 Å². The van der Waals surface area contributed by atoms with Gasteiger partial charge < -0.3 is 5.32 Å². The van der Waals surface area contributed by atoms with E-state index in [4.69, 9.17) is 0 Å². The van der Waals surface area contributed by atoms with Gasteiger partial charge >= 0.3 is 0 Å². The molecule has 0 radical (unpaired) electrons. The highest BCUT2D eigenvalue weighted by Crippen LogP contribution is 2.31. The quantitative estimate of drug-likeness (QED) is 0.152. The number of benzene rings is 4. The molecular formula is C30H27N3O3S3. The Morgan fingerprint density at radius 1 is 0.897 bits per heavy atom. The molecule has 1 aromatic heterocycles. The van der Waals surface area contributed by atoms with Gasteiger partial charge in [0.2, 0.25) is 0 Å². The number of thioether (sulfide) groups is 1. The minimum atomic E-state index is -3.96. The van der Waals surface area contributed by atoms with Gasteiger partial charge in [0.15, 0.2) is 4.34 Å². The monoisotopic (exact) mass is 573 g/mol. The van der Waals surface area contributed by atoms with E-state index in [0.29, 0.717) is 23.5 Å². The van der Waals surface area contributed by atoms with Crippen LogP contribution in [0.25, 0.3) is 10.2 Å². The van der Waals surface area contributed by atoms with Crippen LogP contribution in [-0.4, -0.2) is 31.6 Å². The number of aromatic nitrogens is 1. The maximum Gasteiger partial charge on any atom is 0.264 e. The largest absolute Gasteiger partial charge is 0.351 e. The summed E-state index contributed by atoms with van der Waals surface area (Å²) in [6.07, 6.45) is 0. The van der Waals surface area contributed by atoms with Crippen LogP contribution in [-0.2, 0) is 16.6 Å². The molecular weight excluding hydrogens is 547 g/mol. The number of nitrogens with zero attached hydrogens (tertiary/aromatic N) is 2. The van der Waals surface area contributed by atoms with Gasteiger partial charge in [0.1, 0.15) is 0 Å². The second-order valence-corrected chi connectivity index (χ2v) is 13.1. The van der Waals surface area contributed by atoms with Gasteiger partial charge in [-0.25, -0.2) is 13.4 Å². The molecule has 5 rings (SSSR count). The summed E-state index contributed by atoms with van der Waals surface area (Å²) >= 11 is 3.21. The number of carbonyl (C=O) groups excluding carboxylic acids is 1. The van der Waals surface area contributed by atoms with Gasteiger partial charge in [0.25, 0.3) is 15.9 Å². The third-order valence-electron chi connectivity index (χ3n) is 6.08. The van der Waals surface area contributed by atoms with Crippen LogP contribution in [0.2, 0.25) is 0 Å². The fourth-order valence-corrected chi connectivity index (χ4v) is 7.55. The van der Waals surface area contributed by atoms with E-state index in [9.17, 15) is 13.2 Å². The summed E-state index contributed by atoms with van der Waals surface area (Å²) in [5, 5.41) is 2.96. The molecule has 0 aliphatic rings. The van der Waals surface area contributed by atoms with Gasteiger partial charge in [0.05, 0.1) is 32.9 Å². The lowest BCUT2D eigenvalue weighted by atomic mass is 10.1. The summed E-state index contributed by atoms with van der Waals surface area (Å²) in [7, 11) is -3.96. The Kier molecular flexibility index (Phi) is 8.30. The molecule has 0 aliphatic heterocycles. The average molecular weight is 574 g/mol. The predicted molar refractivity (Wildman–Crippen MR) is 160 cm³/mol. The maximum absolute atomic E-state index is 13.9. The number of hydrogen-bond acceptors (Lipinski definition) is 6. The zero-order valence-corrected chi connectivity index (χ0v) is 23.7. The first-order chi connectivity index (χ1) is 18.9. The van der Waals surface area contributed by atoms with Crippen molar-refractivity contribution in [3.8, 4) is 0 Å². The minimum Gasteiger partial charge on any atom is -0.351 e. The van der Waals surface area contributed by atoms with Crippen molar-refractivity contribution in [2.45, 2.75) is 22.7 Å². The topological polar surface area (TPSA) is 79.4 Å². The lowest BCUT2D eigenvalue weighted by molar-refractivity contribution is 0.0957. The van der Waals surface area contributed by atoms with Gasteiger partial charge in [-0.05, 0) is 48.9 Å². The fraction of sp³-hybridized carbons (Fsp3) is 0.133. The van der Waals surface area contributed by atoms with Crippen molar-refractivity contribution < 1.29 is 13.2 Å². The zero-order valence-electron chi connectivity index (χ0n) is 21.3. The van der Waals surface area contributed by atoms with Crippen LogP contribution in [0, 0.1) is 6.92 Å². The highest BCUT2D eigenvalue weighted by Gasteiger charge is 2.28. The number of hydrogen-bond donors (Lipinski definition) is 1. The fourth-order valence-electron chi connectivity index (χ4n) is 4.08. The third kappa shape index (κ3) is 6.33. The molecule has 0 aliphatic carbocycles. The highest BCUT2D eigenvalue weighted by atomic mass is 32.2. The molecule has 0 bridgehead atoms. The molecule has 9 heteroatoms. The van der Waals surface area contributed by atoms with Crippen LogP contribution >= 0.6 is 23.1 Å². The number of nitrogens with one attached hydrogen (secondary N) is 1. The Morgan fingerprint density at radius 2 is 1.59 bits per heavy atom. The second-order valence-electron chi connectivity index (χ2n) is 8.88. The normalized spacial score (nSPS) is 11.4. The molecule has 1 amide bonds. The van der Waals surface area contributed by atoms with Crippen LogP contribution in [0.1, 0.15) is 21.5 Å². The lowest BCUT2D eigenvalue weighted by Crippen LogP contribution is -2.34. The molecule has 5 aromatic rings. The molecule has 0 atom stereocenters. The molecule has 0 fully saturated rings. The molecule has 0 spiro atoms. The number of fused-ring (bicyclic) bond motifs is 1. The summed E-state index contributed by atoms with van der Waals surface area (Å²) in [6.45, 7) is 2.42. The Balaban J connectivity index is 1.37. The summed E-state index contributed by atoms with van der Waals surface area (Å²) < 4.78 is 31.2. The number of rotatable bonds is 10. The number of para-hydroxylation sites is 2. The van der Waals surface area contributed by atoms with E-state index in [0.717, 1.165) is 25.7 Å². The van der Waals surface area contributed by atoms with Crippen LogP contribution in [0.4, 0.5) is 5.69 Å². The molecule has 1 heterocycles. The predicted octanol–water partition coefficient (Wildman–Crippen LogP) is 6.52. The lowest BCUT2D eigenvalue weighted by Gasteiger charge is -2.26. The van der Waals surface area contributed by atoms with Crippen molar-refractivity contribution in [2.24, 2.45) is 0 Å². The molecule has 1 N–H and O–H groups in total. The van der Waals surface area contributed by atoms with Gasteiger partial charge in [-0.2, -0.15) is 0 Å². The van der Waals surface area contributed by atoms with Crippen LogP contribution in [0.15, 0.2) is 112 Å². The number of thiazole rings is 1. The van der Waals surface area contributed by atoms with E-state index in [2.05, 4.69) is 10.3 Å². The van der Waals surface area contributed by atoms with E-state index in [1.807, 2.05) is 61.5 Å². The molecule has 39 heavy (non-hydrogen) atoms. The third-order valence-corrected chi connectivity index (χ3v) is 10.0. The molecule has 198 valence electrons. The van der Waals surface area contributed by atoms with Crippen molar-refractivity contribution in [2.75, 3.05) is 16.6 Å². The summed E-state index contributed by atoms with van der Waals surface area (Å²) in [5.41, 5.74) is 3.38. The molecule has 0 unspecified atom stereocenters. The van der Waals surface area contributed by atoms with E-state index in [1.54, 1.807) is 71.6 Å². The standard InChI is InChI=1S/C30H27N3O3S3/c1-22-15-17-24(18-16-22)39(35,36)33(21-23-9-3-2-4-10-23)27-13-7-5-11-25(27)29(34)31-19-20-37-30-32-26-12-6-8-14-28(26)38-30/h2-18H,19-21H2,1H3,(H,31,34). The molecule has 0 saturated heterocycles. The Morgan fingerprint density at radius 3 is 2.36 bits per heavy atom. The van der Waals surface area contributed by atoms with Gasteiger partial charge in [0, 0.05) is 12.3 Å². The number of aryl methyl sites for hydroxylation is 1. The van der Waals surface area contributed by atoms with Gasteiger partial charge in [-0.1, -0.05) is 84.1 Å². The number of amides is 1. The summed E-state index contributed by atoms with van der Waals surface area (Å²) in [4.78, 5) is 18.1. The Labute approximate surface area is 236 Å². The van der Waals surface area contributed by atoms with Crippen molar-refractivity contribution in [1.29, 1.82) is 0 Å². The van der Waals surface area contributed by atoms with Gasteiger partial charge in [-0.15, -0.1) is 11.3 Å². The summed E-state index contributed by atoms with van der Waals surface area (Å²) in [6, 6.07) is 30.9. The first-order valence-corrected chi connectivity index (χ1v) is 15.6. The molecule has 0 saturated carbocycles. The zero-order chi connectivity index (χ0) is 27.2. The van der Waals surface area contributed by atoms with Crippen molar-refractivity contribution >= 4 is 54.9 Å². The average Bonchev–Trinajstić information content (AvgIpc) is 3.38. The van der Waals surface area contributed by atoms with Crippen LogP contribution in [0.3, 0.4) is 0 Å². The van der Waals surface area contributed by atoms with Crippen LogP contribution < -0.4 is 9.62 Å². The maximum atomic E-state index is 13.9. The Hall–Kier alpha value is -3.66. The van der Waals surface area contributed by atoms with E-state index in [-0.39, 0.29) is 17.3 Å². The van der Waals surface area contributed by atoms with Crippen molar-refractivity contribution in [3.05, 3.63) is 120 Å². The number of anilines is 1.